The van der Waals surface area contributed by atoms with Gasteiger partial charge in [-0.05, 0) is 18.9 Å². The molecule has 0 aliphatic heterocycles. The normalized spacial score (nSPS) is 11.8. The number of aliphatic hydroxyl groups excluding tert-OH is 2. The molecule has 0 aliphatic rings. The molecule has 1 heterocycles. The van der Waals surface area contributed by atoms with Crippen molar-refractivity contribution in [3.05, 3.63) is 53.6 Å². The van der Waals surface area contributed by atoms with Crippen molar-refractivity contribution in [3.8, 4) is 0 Å². The van der Waals surface area contributed by atoms with Crippen molar-refractivity contribution in [1.82, 2.24) is 9.55 Å². The van der Waals surface area contributed by atoms with Crippen molar-refractivity contribution < 1.29 is 10.2 Å². The van der Waals surface area contributed by atoms with E-state index in [0.717, 1.165) is 23.4 Å². The number of hydrogen-bond acceptors (Lipinski definition) is 3. The van der Waals surface area contributed by atoms with Crippen molar-refractivity contribution in [2.45, 2.75) is 25.2 Å². The molecule has 0 bridgehead atoms. The fourth-order valence-corrected chi connectivity index (χ4v) is 2.50. The van der Waals surface area contributed by atoms with E-state index in [1.807, 2.05) is 49.0 Å². The van der Waals surface area contributed by atoms with Gasteiger partial charge in [-0.1, -0.05) is 29.8 Å². The zero-order valence-corrected chi connectivity index (χ0v) is 12.1. The van der Waals surface area contributed by atoms with Crippen LogP contribution in [0.25, 0.3) is 0 Å². The standard InChI is InChI=1S/C16H22N2O2/c1-13-4-3-5-14(10-13)16(11-19,12-20)7-6-15-17-8-9-18(15)2/h3-5,8-10,19-20H,6-7,11-12H2,1-2H3. The fraction of sp³-hybridized carbons (Fsp3) is 0.438. The number of aryl methyl sites for hydroxylation is 3. The van der Waals surface area contributed by atoms with Gasteiger partial charge in [0, 0.05) is 31.3 Å². The summed E-state index contributed by atoms with van der Waals surface area (Å²) in [4.78, 5) is 4.30. The van der Waals surface area contributed by atoms with Crippen LogP contribution in [-0.2, 0) is 18.9 Å². The largest absolute Gasteiger partial charge is 0.395 e. The van der Waals surface area contributed by atoms with Gasteiger partial charge in [0.25, 0.3) is 0 Å². The molecule has 2 rings (SSSR count). The number of nitrogens with zero attached hydrogens (tertiary/aromatic N) is 2. The number of imidazole rings is 1. The van der Waals surface area contributed by atoms with Gasteiger partial charge in [0.2, 0.25) is 0 Å². The zero-order valence-electron chi connectivity index (χ0n) is 12.1. The van der Waals surface area contributed by atoms with E-state index in [0.29, 0.717) is 6.42 Å². The monoisotopic (exact) mass is 274 g/mol. The Labute approximate surface area is 119 Å². The van der Waals surface area contributed by atoms with Gasteiger partial charge >= 0.3 is 0 Å². The van der Waals surface area contributed by atoms with E-state index >= 15 is 0 Å². The molecule has 1 aromatic carbocycles. The van der Waals surface area contributed by atoms with E-state index in [2.05, 4.69) is 4.98 Å². The Kier molecular flexibility index (Phi) is 4.57. The smallest absolute Gasteiger partial charge is 0.108 e. The SMILES string of the molecule is Cc1cccc(C(CO)(CO)CCc2nccn2C)c1. The highest BCUT2D eigenvalue weighted by Gasteiger charge is 2.31. The maximum Gasteiger partial charge on any atom is 0.108 e. The van der Waals surface area contributed by atoms with Gasteiger partial charge in [-0.25, -0.2) is 4.98 Å². The molecule has 0 atom stereocenters. The summed E-state index contributed by atoms with van der Waals surface area (Å²) >= 11 is 0. The zero-order chi connectivity index (χ0) is 14.6. The highest BCUT2D eigenvalue weighted by atomic mass is 16.3. The Morgan fingerprint density at radius 3 is 2.55 bits per heavy atom. The molecule has 0 aliphatic carbocycles. The molecule has 0 amide bonds. The molecular weight excluding hydrogens is 252 g/mol. The molecule has 108 valence electrons. The minimum absolute atomic E-state index is 0.0720. The topological polar surface area (TPSA) is 58.3 Å². The lowest BCUT2D eigenvalue weighted by Gasteiger charge is -2.30. The molecule has 0 fully saturated rings. The summed E-state index contributed by atoms with van der Waals surface area (Å²) in [6.07, 6.45) is 5.05. The lowest BCUT2D eigenvalue weighted by molar-refractivity contribution is 0.109. The van der Waals surface area contributed by atoms with E-state index in [9.17, 15) is 10.2 Å². The first-order chi connectivity index (χ1) is 9.61. The molecule has 0 unspecified atom stereocenters. The third-order valence-corrected chi connectivity index (χ3v) is 3.98. The average molecular weight is 274 g/mol. The predicted octanol–water partition coefficient (Wildman–Crippen LogP) is 1.58. The summed E-state index contributed by atoms with van der Waals surface area (Å²) in [5.41, 5.74) is 1.50. The molecular formula is C16H22N2O2. The second-order valence-electron chi connectivity index (χ2n) is 5.42. The molecule has 0 saturated carbocycles. The average Bonchev–Trinajstić information content (AvgIpc) is 2.86. The summed E-state index contributed by atoms with van der Waals surface area (Å²) in [5, 5.41) is 19.7. The summed E-state index contributed by atoms with van der Waals surface area (Å²) in [7, 11) is 1.95. The third kappa shape index (κ3) is 2.92. The Bertz CT molecular complexity index is 559. The number of rotatable bonds is 6. The maximum atomic E-state index is 9.83. The van der Waals surface area contributed by atoms with Crippen LogP contribution in [0.5, 0.6) is 0 Å². The van der Waals surface area contributed by atoms with Gasteiger partial charge in [-0.15, -0.1) is 0 Å². The minimum Gasteiger partial charge on any atom is -0.395 e. The van der Waals surface area contributed by atoms with E-state index in [1.54, 1.807) is 6.20 Å². The van der Waals surface area contributed by atoms with Crippen LogP contribution in [0.15, 0.2) is 36.7 Å². The summed E-state index contributed by atoms with van der Waals surface area (Å²) < 4.78 is 1.97. The first kappa shape index (κ1) is 14.8. The van der Waals surface area contributed by atoms with Gasteiger partial charge in [-0.2, -0.15) is 0 Å². The lowest BCUT2D eigenvalue weighted by atomic mass is 9.77. The first-order valence-corrected chi connectivity index (χ1v) is 6.86. The van der Waals surface area contributed by atoms with Crippen LogP contribution < -0.4 is 0 Å². The Morgan fingerprint density at radius 2 is 2.00 bits per heavy atom. The summed E-state index contributed by atoms with van der Waals surface area (Å²) in [6, 6.07) is 7.98. The van der Waals surface area contributed by atoms with Gasteiger partial charge in [0.1, 0.15) is 5.82 Å². The number of benzene rings is 1. The van der Waals surface area contributed by atoms with E-state index in [-0.39, 0.29) is 13.2 Å². The van der Waals surface area contributed by atoms with Crippen LogP contribution in [0.2, 0.25) is 0 Å². The van der Waals surface area contributed by atoms with Crippen molar-refractivity contribution in [3.63, 3.8) is 0 Å². The lowest BCUT2D eigenvalue weighted by Crippen LogP contribution is -2.35. The maximum absolute atomic E-state index is 9.83. The first-order valence-electron chi connectivity index (χ1n) is 6.86. The molecule has 0 saturated heterocycles. The van der Waals surface area contributed by atoms with Crippen LogP contribution in [0.3, 0.4) is 0 Å². The molecule has 4 heteroatoms. The molecule has 0 spiro atoms. The van der Waals surface area contributed by atoms with E-state index < -0.39 is 5.41 Å². The van der Waals surface area contributed by atoms with Crippen LogP contribution in [0.1, 0.15) is 23.4 Å². The van der Waals surface area contributed by atoms with Gasteiger partial charge in [-0.3, -0.25) is 0 Å². The second-order valence-corrected chi connectivity index (χ2v) is 5.42. The van der Waals surface area contributed by atoms with Gasteiger partial charge in [0.05, 0.1) is 13.2 Å². The van der Waals surface area contributed by atoms with E-state index in [1.165, 1.54) is 0 Å². The fourth-order valence-electron chi connectivity index (χ4n) is 2.50. The molecule has 4 nitrogen and oxygen atoms in total. The third-order valence-electron chi connectivity index (χ3n) is 3.98. The van der Waals surface area contributed by atoms with Crippen molar-refractivity contribution in [2.24, 2.45) is 7.05 Å². The van der Waals surface area contributed by atoms with Crippen molar-refractivity contribution >= 4 is 0 Å². The molecule has 20 heavy (non-hydrogen) atoms. The highest BCUT2D eigenvalue weighted by molar-refractivity contribution is 5.30. The predicted molar refractivity (Wildman–Crippen MR) is 78.6 cm³/mol. The van der Waals surface area contributed by atoms with Crippen LogP contribution >= 0.6 is 0 Å². The number of aromatic nitrogens is 2. The summed E-state index contributed by atoms with van der Waals surface area (Å²) in [6.45, 7) is 1.87. The van der Waals surface area contributed by atoms with Gasteiger partial charge in [0.15, 0.2) is 0 Å². The second kappa shape index (κ2) is 6.20. The minimum atomic E-state index is -0.613. The highest BCUT2D eigenvalue weighted by Crippen LogP contribution is 2.29. The van der Waals surface area contributed by atoms with Crippen LogP contribution in [0, 0.1) is 6.92 Å². The molecule has 0 radical (unpaired) electrons. The number of hydrogen-bond donors (Lipinski definition) is 2. The Balaban J connectivity index is 2.23. The van der Waals surface area contributed by atoms with Crippen molar-refractivity contribution in [1.29, 1.82) is 0 Å². The Morgan fingerprint density at radius 1 is 1.25 bits per heavy atom. The quantitative estimate of drug-likeness (QED) is 0.841. The van der Waals surface area contributed by atoms with E-state index in [4.69, 9.17) is 0 Å². The molecule has 2 aromatic rings. The molecule has 1 aromatic heterocycles. The number of aliphatic hydroxyl groups is 2. The van der Waals surface area contributed by atoms with Crippen LogP contribution in [0.4, 0.5) is 0 Å². The molecule has 2 N–H and O–H groups in total. The summed E-state index contributed by atoms with van der Waals surface area (Å²) in [5.74, 6) is 0.962. The Hall–Kier alpha value is -1.65. The van der Waals surface area contributed by atoms with Gasteiger partial charge < -0.3 is 14.8 Å². The van der Waals surface area contributed by atoms with Crippen molar-refractivity contribution in [2.75, 3.05) is 13.2 Å². The van der Waals surface area contributed by atoms with Crippen LogP contribution in [-0.4, -0.2) is 33.0 Å².